The van der Waals surface area contributed by atoms with Gasteiger partial charge in [-0.25, -0.2) is 0 Å². The van der Waals surface area contributed by atoms with Crippen LogP contribution in [-0.4, -0.2) is 78.5 Å². The van der Waals surface area contributed by atoms with Crippen LogP contribution in [0.4, 0.5) is 0 Å². The molecule has 2 aliphatic rings. The molecule has 3 rings (SSSR count). The molecule has 2 atom stereocenters. The number of aromatic nitrogens is 2. The van der Waals surface area contributed by atoms with Crippen molar-refractivity contribution >= 4 is 5.91 Å². The molecule has 0 saturated carbocycles. The molecule has 0 N–H and O–H groups in total. The van der Waals surface area contributed by atoms with Gasteiger partial charge in [0, 0.05) is 38.7 Å². The van der Waals surface area contributed by atoms with Gasteiger partial charge in [-0.3, -0.25) is 9.48 Å². The minimum absolute atomic E-state index is 0.0793. The van der Waals surface area contributed by atoms with Crippen LogP contribution < -0.4 is 0 Å². The Hall–Kier alpha value is -1.44. The summed E-state index contributed by atoms with van der Waals surface area (Å²) in [6, 6.07) is 0. The van der Waals surface area contributed by atoms with Gasteiger partial charge in [0.15, 0.2) is 0 Å². The Morgan fingerprint density at radius 2 is 2.08 bits per heavy atom. The number of amides is 1. The number of carbonyl (C=O) groups is 1. The molecule has 0 aromatic carbocycles. The van der Waals surface area contributed by atoms with Gasteiger partial charge in [0.25, 0.3) is 5.91 Å². The standard InChI is InChI=1S/C18H30N4O3/c1-13-12-15-16(14(2)25-13)19-22(10-11-24-4)17(15)18(23)21-7-5-6-20(3)8-9-21/h13-14H,5-12H2,1-4H3/t13-,14+/m0/s1. The molecule has 0 aliphatic carbocycles. The van der Waals surface area contributed by atoms with E-state index in [0.717, 1.165) is 56.0 Å². The minimum atomic E-state index is -0.0793. The first kappa shape index (κ1) is 18.4. The van der Waals surface area contributed by atoms with Crippen molar-refractivity contribution in [3.63, 3.8) is 0 Å². The van der Waals surface area contributed by atoms with Crippen molar-refractivity contribution < 1.29 is 14.3 Å². The van der Waals surface area contributed by atoms with Crippen LogP contribution >= 0.6 is 0 Å². The van der Waals surface area contributed by atoms with E-state index in [2.05, 4.69) is 18.9 Å². The molecular formula is C18H30N4O3. The average Bonchev–Trinajstić information content (AvgIpc) is 2.79. The highest BCUT2D eigenvalue weighted by molar-refractivity contribution is 5.94. The smallest absolute Gasteiger partial charge is 0.272 e. The molecule has 25 heavy (non-hydrogen) atoms. The number of carbonyl (C=O) groups excluding carboxylic acids is 1. The number of likely N-dealkylation sites (N-methyl/N-ethyl adjacent to an activating group) is 1. The fourth-order valence-corrected chi connectivity index (χ4v) is 3.77. The molecule has 1 aromatic heterocycles. The van der Waals surface area contributed by atoms with Gasteiger partial charge in [-0.2, -0.15) is 5.10 Å². The van der Waals surface area contributed by atoms with Gasteiger partial charge in [0.05, 0.1) is 31.1 Å². The number of nitrogens with zero attached hydrogens (tertiary/aromatic N) is 4. The highest BCUT2D eigenvalue weighted by Gasteiger charge is 2.34. The number of rotatable bonds is 4. The summed E-state index contributed by atoms with van der Waals surface area (Å²) in [4.78, 5) is 17.6. The largest absolute Gasteiger partial charge is 0.383 e. The molecule has 140 valence electrons. The molecule has 3 heterocycles. The van der Waals surface area contributed by atoms with Crippen LogP contribution in [0.1, 0.15) is 48.1 Å². The third kappa shape index (κ3) is 3.88. The Kier molecular flexibility index (Phi) is 5.76. The number of ether oxygens (including phenoxy) is 2. The fraction of sp³-hybridized carbons (Fsp3) is 0.778. The van der Waals surface area contributed by atoms with Gasteiger partial charge in [-0.05, 0) is 33.9 Å². The van der Waals surface area contributed by atoms with E-state index in [-0.39, 0.29) is 18.1 Å². The Balaban J connectivity index is 1.93. The Morgan fingerprint density at radius 1 is 1.28 bits per heavy atom. The summed E-state index contributed by atoms with van der Waals surface area (Å²) in [5, 5.41) is 4.71. The molecular weight excluding hydrogens is 320 g/mol. The lowest BCUT2D eigenvalue weighted by Crippen LogP contribution is -2.37. The van der Waals surface area contributed by atoms with Crippen LogP contribution in [0.3, 0.4) is 0 Å². The monoisotopic (exact) mass is 350 g/mol. The first-order valence-electron chi connectivity index (χ1n) is 9.23. The van der Waals surface area contributed by atoms with Gasteiger partial charge in [0.2, 0.25) is 0 Å². The zero-order valence-corrected chi connectivity index (χ0v) is 15.8. The number of methoxy groups -OCH3 is 1. The highest BCUT2D eigenvalue weighted by atomic mass is 16.5. The summed E-state index contributed by atoms with van der Waals surface area (Å²) < 4.78 is 13.0. The first-order chi connectivity index (χ1) is 12.0. The van der Waals surface area contributed by atoms with Crippen molar-refractivity contribution in [3.8, 4) is 0 Å². The van der Waals surface area contributed by atoms with Crippen molar-refractivity contribution in [2.75, 3.05) is 46.9 Å². The molecule has 1 aromatic rings. The van der Waals surface area contributed by atoms with Crippen LogP contribution in [0.2, 0.25) is 0 Å². The number of hydrogen-bond donors (Lipinski definition) is 0. The van der Waals surface area contributed by atoms with Crippen LogP contribution in [-0.2, 0) is 22.4 Å². The van der Waals surface area contributed by atoms with Crippen molar-refractivity contribution in [2.24, 2.45) is 0 Å². The van der Waals surface area contributed by atoms with Gasteiger partial charge < -0.3 is 19.3 Å². The quantitative estimate of drug-likeness (QED) is 0.820. The Labute approximate surface area is 149 Å². The molecule has 0 bridgehead atoms. The van der Waals surface area contributed by atoms with E-state index in [1.807, 2.05) is 16.5 Å². The van der Waals surface area contributed by atoms with Gasteiger partial charge in [-0.15, -0.1) is 0 Å². The Bertz CT molecular complexity index is 616. The molecule has 1 fully saturated rings. The van der Waals surface area contributed by atoms with E-state index in [0.29, 0.717) is 13.2 Å². The summed E-state index contributed by atoms with van der Waals surface area (Å²) in [5.41, 5.74) is 2.70. The van der Waals surface area contributed by atoms with Crippen LogP contribution in [0.25, 0.3) is 0 Å². The zero-order chi connectivity index (χ0) is 18.0. The van der Waals surface area contributed by atoms with Crippen molar-refractivity contribution in [3.05, 3.63) is 17.0 Å². The van der Waals surface area contributed by atoms with E-state index >= 15 is 0 Å². The summed E-state index contributed by atoms with van der Waals surface area (Å²) >= 11 is 0. The second-order valence-electron chi connectivity index (χ2n) is 7.17. The summed E-state index contributed by atoms with van der Waals surface area (Å²) in [7, 11) is 3.78. The number of hydrogen-bond acceptors (Lipinski definition) is 5. The van der Waals surface area contributed by atoms with Crippen LogP contribution in [0.15, 0.2) is 0 Å². The number of fused-ring (bicyclic) bond motifs is 1. The van der Waals surface area contributed by atoms with Crippen molar-refractivity contribution in [1.82, 2.24) is 19.6 Å². The van der Waals surface area contributed by atoms with E-state index in [1.54, 1.807) is 7.11 Å². The first-order valence-corrected chi connectivity index (χ1v) is 9.23. The molecule has 0 spiro atoms. The highest BCUT2D eigenvalue weighted by Crippen LogP contribution is 2.32. The van der Waals surface area contributed by atoms with Gasteiger partial charge in [0.1, 0.15) is 5.69 Å². The second-order valence-corrected chi connectivity index (χ2v) is 7.17. The Morgan fingerprint density at radius 3 is 2.84 bits per heavy atom. The molecule has 7 nitrogen and oxygen atoms in total. The van der Waals surface area contributed by atoms with E-state index < -0.39 is 0 Å². The maximum absolute atomic E-state index is 13.4. The summed E-state index contributed by atoms with van der Waals surface area (Å²) in [6.07, 6.45) is 1.77. The van der Waals surface area contributed by atoms with Gasteiger partial charge >= 0.3 is 0 Å². The summed E-state index contributed by atoms with van der Waals surface area (Å²) in [6.45, 7) is 8.70. The maximum Gasteiger partial charge on any atom is 0.272 e. The third-order valence-corrected chi connectivity index (χ3v) is 5.11. The maximum atomic E-state index is 13.4. The van der Waals surface area contributed by atoms with Crippen LogP contribution in [0.5, 0.6) is 0 Å². The average molecular weight is 350 g/mol. The van der Waals surface area contributed by atoms with Crippen LogP contribution in [0, 0.1) is 0 Å². The lowest BCUT2D eigenvalue weighted by atomic mass is 9.99. The predicted molar refractivity (Wildman–Crippen MR) is 94.8 cm³/mol. The normalized spacial score (nSPS) is 24.9. The lowest BCUT2D eigenvalue weighted by Gasteiger charge is -2.26. The van der Waals surface area contributed by atoms with E-state index in [9.17, 15) is 4.79 Å². The third-order valence-electron chi connectivity index (χ3n) is 5.11. The molecule has 0 radical (unpaired) electrons. The van der Waals surface area contributed by atoms with Gasteiger partial charge in [-0.1, -0.05) is 0 Å². The van der Waals surface area contributed by atoms with E-state index in [4.69, 9.17) is 14.6 Å². The molecule has 7 heteroatoms. The molecule has 0 unspecified atom stereocenters. The zero-order valence-electron chi connectivity index (χ0n) is 15.8. The van der Waals surface area contributed by atoms with Crippen molar-refractivity contribution in [1.29, 1.82) is 0 Å². The minimum Gasteiger partial charge on any atom is -0.383 e. The lowest BCUT2D eigenvalue weighted by molar-refractivity contribution is -0.00720. The molecule has 2 aliphatic heterocycles. The summed E-state index contributed by atoms with van der Waals surface area (Å²) in [5.74, 6) is 0.0986. The molecule has 1 saturated heterocycles. The predicted octanol–water partition coefficient (Wildman–Crippen LogP) is 1.33. The fourth-order valence-electron chi connectivity index (χ4n) is 3.77. The van der Waals surface area contributed by atoms with E-state index in [1.165, 1.54) is 0 Å². The SMILES string of the molecule is COCCn1nc2c(c1C(=O)N1CCCN(C)CC1)C[C@H](C)O[C@@H]2C. The van der Waals surface area contributed by atoms with Crippen molar-refractivity contribution in [2.45, 2.75) is 45.4 Å². The molecule has 1 amide bonds. The topological polar surface area (TPSA) is 59.8 Å². The second kappa shape index (κ2) is 7.85.